The van der Waals surface area contributed by atoms with Crippen LogP contribution in [-0.2, 0) is 11.3 Å². The van der Waals surface area contributed by atoms with Crippen LogP contribution in [0.5, 0.6) is 0 Å². The summed E-state index contributed by atoms with van der Waals surface area (Å²) in [4.78, 5) is 17.6. The number of hydrogen-bond acceptors (Lipinski definition) is 2. The molecule has 0 spiro atoms. The van der Waals surface area contributed by atoms with Crippen molar-refractivity contribution in [2.75, 3.05) is 5.33 Å². The van der Waals surface area contributed by atoms with Crippen molar-refractivity contribution < 1.29 is 4.79 Å². The van der Waals surface area contributed by atoms with Crippen molar-refractivity contribution in [1.29, 1.82) is 0 Å². The van der Waals surface area contributed by atoms with Gasteiger partial charge in [0.2, 0.25) is 5.91 Å². The van der Waals surface area contributed by atoms with E-state index in [-0.39, 0.29) is 11.9 Å². The fourth-order valence-electron chi connectivity index (χ4n) is 1.30. The summed E-state index contributed by atoms with van der Waals surface area (Å²) in [5.41, 5.74) is 0.917. The molecule has 0 aliphatic heterocycles. The van der Waals surface area contributed by atoms with Gasteiger partial charge in [0.05, 0.1) is 17.6 Å². The molecule has 0 saturated heterocycles. The molecule has 0 saturated carbocycles. The fourth-order valence-corrected chi connectivity index (χ4v) is 1.62. The summed E-state index contributed by atoms with van der Waals surface area (Å²) in [6.45, 7) is 4.58. The summed E-state index contributed by atoms with van der Waals surface area (Å²) in [5, 5.41) is 0.359. The third kappa shape index (κ3) is 3.63. The minimum atomic E-state index is 0.0932. The van der Waals surface area contributed by atoms with Crippen LogP contribution in [0.2, 0.25) is 0 Å². The number of carbonyl (C=O) groups is 1. The van der Waals surface area contributed by atoms with E-state index in [9.17, 15) is 4.79 Å². The molecule has 1 rings (SSSR count). The minimum Gasteiger partial charge on any atom is -0.334 e. The van der Waals surface area contributed by atoms with Crippen LogP contribution in [0.4, 0.5) is 0 Å². The van der Waals surface area contributed by atoms with Crippen LogP contribution < -0.4 is 0 Å². The molecule has 0 aromatic carbocycles. The first-order valence-corrected chi connectivity index (χ1v) is 6.02. The lowest BCUT2D eigenvalue weighted by atomic mass is 10.2. The zero-order valence-electron chi connectivity index (χ0n) is 8.98. The van der Waals surface area contributed by atoms with E-state index in [0.717, 1.165) is 5.69 Å². The third-order valence-electron chi connectivity index (χ3n) is 2.12. The Kier molecular flexibility index (Phi) is 4.75. The predicted octanol–water partition coefficient (Wildman–Crippen LogP) is 2.21. The molecule has 1 amide bonds. The first-order chi connectivity index (χ1) is 7.15. The van der Waals surface area contributed by atoms with E-state index in [2.05, 4.69) is 20.9 Å². The van der Waals surface area contributed by atoms with E-state index in [4.69, 9.17) is 0 Å². The highest BCUT2D eigenvalue weighted by atomic mass is 79.9. The maximum atomic E-state index is 11.6. The number of aromatic nitrogens is 1. The average Bonchev–Trinajstić information content (AvgIpc) is 2.26. The van der Waals surface area contributed by atoms with Crippen LogP contribution in [0.15, 0.2) is 24.4 Å². The van der Waals surface area contributed by atoms with Crippen LogP contribution in [0.25, 0.3) is 0 Å². The summed E-state index contributed by atoms with van der Waals surface area (Å²) in [7, 11) is 0. The van der Waals surface area contributed by atoms with Crippen LogP contribution in [0.3, 0.4) is 0 Å². The highest BCUT2D eigenvalue weighted by Gasteiger charge is 2.16. The normalized spacial score (nSPS) is 10.4. The maximum absolute atomic E-state index is 11.6. The molecule has 0 N–H and O–H groups in total. The topological polar surface area (TPSA) is 33.2 Å². The molecule has 1 aromatic rings. The van der Waals surface area contributed by atoms with Gasteiger partial charge in [-0.05, 0) is 26.0 Å². The number of carbonyl (C=O) groups excluding carboxylic acids is 1. The number of pyridine rings is 1. The van der Waals surface area contributed by atoms with E-state index < -0.39 is 0 Å². The SMILES string of the molecule is CC(C)N(Cc1ccccn1)C(=O)CBr. The zero-order chi connectivity index (χ0) is 11.3. The maximum Gasteiger partial charge on any atom is 0.233 e. The summed E-state index contributed by atoms with van der Waals surface area (Å²) in [5.74, 6) is 0.0932. The monoisotopic (exact) mass is 270 g/mol. The minimum absolute atomic E-state index is 0.0932. The van der Waals surface area contributed by atoms with Crippen LogP contribution >= 0.6 is 15.9 Å². The molecule has 0 aliphatic carbocycles. The summed E-state index contributed by atoms with van der Waals surface area (Å²) >= 11 is 3.19. The molecular formula is C11H15BrN2O. The van der Waals surface area contributed by atoms with Gasteiger partial charge in [-0.3, -0.25) is 9.78 Å². The second kappa shape index (κ2) is 5.85. The lowest BCUT2D eigenvalue weighted by Gasteiger charge is -2.25. The molecule has 4 heteroatoms. The zero-order valence-corrected chi connectivity index (χ0v) is 10.6. The van der Waals surface area contributed by atoms with E-state index in [1.165, 1.54) is 0 Å². The number of rotatable bonds is 4. The summed E-state index contributed by atoms with van der Waals surface area (Å²) < 4.78 is 0. The van der Waals surface area contributed by atoms with E-state index in [1.54, 1.807) is 11.1 Å². The number of hydrogen-bond donors (Lipinski definition) is 0. The lowest BCUT2D eigenvalue weighted by molar-refractivity contribution is -0.130. The summed E-state index contributed by atoms with van der Waals surface area (Å²) in [6.07, 6.45) is 1.74. The van der Waals surface area contributed by atoms with Gasteiger partial charge in [0.15, 0.2) is 0 Å². The van der Waals surface area contributed by atoms with Crippen molar-refractivity contribution in [2.24, 2.45) is 0 Å². The van der Waals surface area contributed by atoms with Gasteiger partial charge in [0.25, 0.3) is 0 Å². The van der Waals surface area contributed by atoms with Gasteiger partial charge in [0.1, 0.15) is 0 Å². The molecule has 15 heavy (non-hydrogen) atoms. The molecule has 0 fully saturated rings. The second-order valence-corrected chi connectivity index (χ2v) is 4.13. The quantitative estimate of drug-likeness (QED) is 0.787. The van der Waals surface area contributed by atoms with Crippen molar-refractivity contribution in [1.82, 2.24) is 9.88 Å². The van der Waals surface area contributed by atoms with E-state index >= 15 is 0 Å². The summed E-state index contributed by atoms with van der Waals surface area (Å²) in [6, 6.07) is 5.92. The highest BCUT2D eigenvalue weighted by molar-refractivity contribution is 9.09. The van der Waals surface area contributed by atoms with Gasteiger partial charge in [0, 0.05) is 12.2 Å². The number of nitrogens with zero attached hydrogens (tertiary/aromatic N) is 2. The van der Waals surface area contributed by atoms with Crippen molar-refractivity contribution >= 4 is 21.8 Å². The first-order valence-electron chi connectivity index (χ1n) is 4.90. The van der Waals surface area contributed by atoms with Gasteiger partial charge >= 0.3 is 0 Å². The molecule has 0 aliphatic rings. The Balaban J connectivity index is 2.72. The molecule has 1 aromatic heterocycles. The van der Waals surface area contributed by atoms with Gasteiger partial charge in [-0.25, -0.2) is 0 Å². The van der Waals surface area contributed by atoms with Gasteiger partial charge in [-0.15, -0.1) is 0 Å². The molecule has 0 atom stereocenters. The molecule has 0 bridgehead atoms. The predicted molar refractivity (Wildman–Crippen MR) is 63.7 cm³/mol. The molecular weight excluding hydrogens is 256 g/mol. The molecule has 0 unspecified atom stereocenters. The molecule has 1 heterocycles. The Hall–Kier alpha value is -0.900. The highest BCUT2D eigenvalue weighted by Crippen LogP contribution is 2.07. The third-order valence-corrected chi connectivity index (χ3v) is 2.60. The Morgan fingerprint density at radius 2 is 2.27 bits per heavy atom. The molecule has 82 valence electrons. The van der Waals surface area contributed by atoms with Crippen LogP contribution in [0.1, 0.15) is 19.5 Å². The van der Waals surface area contributed by atoms with E-state index in [0.29, 0.717) is 11.9 Å². The van der Waals surface area contributed by atoms with Crippen molar-refractivity contribution in [3.8, 4) is 0 Å². The average molecular weight is 271 g/mol. The fraction of sp³-hybridized carbons (Fsp3) is 0.455. The second-order valence-electron chi connectivity index (χ2n) is 3.57. The number of amides is 1. The standard InChI is InChI=1S/C11H15BrN2O/c1-9(2)14(11(15)7-12)8-10-5-3-4-6-13-10/h3-6,9H,7-8H2,1-2H3. The van der Waals surface area contributed by atoms with Crippen LogP contribution in [-0.4, -0.2) is 27.2 Å². The lowest BCUT2D eigenvalue weighted by Crippen LogP contribution is -2.37. The Morgan fingerprint density at radius 1 is 1.53 bits per heavy atom. The van der Waals surface area contributed by atoms with Crippen molar-refractivity contribution in [3.63, 3.8) is 0 Å². The van der Waals surface area contributed by atoms with Crippen molar-refractivity contribution in [2.45, 2.75) is 26.4 Å². The van der Waals surface area contributed by atoms with Gasteiger partial charge in [-0.1, -0.05) is 22.0 Å². The Morgan fingerprint density at radius 3 is 2.73 bits per heavy atom. The molecule has 0 radical (unpaired) electrons. The van der Waals surface area contributed by atoms with E-state index in [1.807, 2.05) is 32.0 Å². The van der Waals surface area contributed by atoms with Gasteiger partial charge in [-0.2, -0.15) is 0 Å². The Labute approximate surface area is 98.6 Å². The van der Waals surface area contributed by atoms with Crippen LogP contribution in [0, 0.1) is 0 Å². The first kappa shape index (κ1) is 12.2. The number of alkyl halides is 1. The van der Waals surface area contributed by atoms with Gasteiger partial charge < -0.3 is 4.90 Å². The number of halogens is 1. The smallest absolute Gasteiger partial charge is 0.233 e. The van der Waals surface area contributed by atoms with Crippen molar-refractivity contribution in [3.05, 3.63) is 30.1 Å². The molecule has 3 nitrogen and oxygen atoms in total. The Bertz CT molecular complexity index is 314. The largest absolute Gasteiger partial charge is 0.334 e.